The van der Waals surface area contributed by atoms with Crippen molar-refractivity contribution in [1.82, 2.24) is 15.8 Å². The molecule has 2 amide bonds. The van der Waals surface area contributed by atoms with E-state index in [-0.39, 0.29) is 17.6 Å². The molecule has 0 aliphatic heterocycles. The number of nitrogens with one attached hydrogen (secondary N) is 2. The van der Waals surface area contributed by atoms with Crippen molar-refractivity contribution in [2.75, 3.05) is 5.75 Å². The predicted octanol–water partition coefficient (Wildman–Crippen LogP) is 3.24. The van der Waals surface area contributed by atoms with Gasteiger partial charge < -0.3 is 0 Å². The summed E-state index contributed by atoms with van der Waals surface area (Å²) in [6.07, 6.45) is 0. The highest BCUT2D eigenvalue weighted by Gasteiger charge is 2.21. The molecule has 0 radical (unpaired) electrons. The maximum absolute atomic E-state index is 11.7. The van der Waals surface area contributed by atoms with Gasteiger partial charge in [0, 0.05) is 10.4 Å². The fraction of sp³-hybridized carbons (Fsp3) is 0.357. The largest absolute Gasteiger partial charge is 0.273 e. The van der Waals surface area contributed by atoms with Crippen molar-refractivity contribution in [2.24, 2.45) is 5.41 Å². The summed E-state index contributed by atoms with van der Waals surface area (Å²) in [5.41, 5.74) is 5.08. The Kier molecular flexibility index (Phi) is 5.31. The van der Waals surface area contributed by atoms with E-state index in [4.69, 9.17) is 11.6 Å². The molecule has 1 aromatic heterocycles. The first-order valence-electron chi connectivity index (χ1n) is 6.54. The van der Waals surface area contributed by atoms with Gasteiger partial charge in [0.1, 0.15) is 0 Å². The van der Waals surface area contributed by atoms with Crippen molar-refractivity contribution >= 4 is 56.7 Å². The van der Waals surface area contributed by atoms with Gasteiger partial charge in [0.15, 0.2) is 4.34 Å². The SMILES string of the molecule is CC(C)(C)C(=O)NNC(=O)CSc1nc2cc(Cl)ccc2s1. The molecule has 0 fully saturated rings. The van der Waals surface area contributed by atoms with Crippen LogP contribution in [0.25, 0.3) is 10.2 Å². The van der Waals surface area contributed by atoms with E-state index in [9.17, 15) is 9.59 Å². The van der Waals surface area contributed by atoms with Crippen LogP contribution in [0.2, 0.25) is 5.02 Å². The fourth-order valence-corrected chi connectivity index (χ4v) is 3.43. The zero-order chi connectivity index (χ0) is 16.3. The van der Waals surface area contributed by atoms with E-state index in [1.807, 2.05) is 12.1 Å². The van der Waals surface area contributed by atoms with E-state index < -0.39 is 5.41 Å². The molecule has 118 valence electrons. The number of rotatable bonds is 3. The molecular formula is C14H16ClN3O2S2. The lowest BCUT2D eigenvalue weighted by Crippen LogP contribution is -2.47. The maximum Gasteiger partial charge on any atom is 0.248 e. The normalized spacial score (nSPS) is 11.5. The van der Waals surface area contributed by atoms with Gasteiger partial charge in [-0.3, -0.25) is 20.4 Å². The molecule has 2 N–H and O–H groups in total. The van der Waals surface area contributed by atoms with Gasteiger partial charge in [0.2, 0.25) is 11.8 Å². The van der Waals surface area contributed by atoms with Crippen molar-refractivity contribution in [3.8, 4) is 0 Å². The summed E-state index contributed by atoms with van der Waals surface area (Å²) < 4.78 is 1.81. The monoisotopic (exact) mass is 357 g/mol. The number of aromatic nitrogens is 1. The number of fused-ring (bicyclic) bond motifs is 1. The molecule has 0 atom stereocenters. The summed E-state index contributed by atoms with van der Waals surface area (Å²) >= 11 is 8.74. The molecular weight excluding hydrogens is 342 g/mol. The summed E-state index contributed by atoms with van der Waals surface area (Å²) in [7, 11) is 0. The van der Waals surface area contributed by atoms with E-state index >= 15 is 0 Å². The molecule has 0 saturated heterocycles. The summed E-state index contributed by atoms with van der Waals surface area (Å²) in [4.78, 5) is 27.8. The number of carbonyl (C=O) groups is 2. The van der Waals surface area contributed by atoms with Crippen LogP contribution in [0.4, 0.5) is 0 Å². The number of hydrazine groups is 1. The minimum Gasteiger partial charge on any atom is -0.273 e. The Bertz CT molecular complexity index is 710. The van der Waals surface area contributed by atoms with Crippen LogP contribution in [0.3, 0.4) is 0 Å². The number of halogens is 1. The van der Waals surface area contributed by atoms with E-state index in [2.05, 4.69) is 15.8 Å². The average Bonchev–Trinajstić information content (AvgIpc) is 2.83. The molecule has 0 aliphatic rings. The number of hydrogen-bond donors (Lipinski definition) is 2. The van der Waals surface area contributed by atoms with Crippen LogP contribution in [0.5, 0.6) is 0 Å². The van der Waals surface area contributed by atoms with Gasteiger partial charge in [-0.05, 0) is 18.2 Å². The van der Waals surface area contributed by atoms with Gasteiger partial charge in [0.25, 0.3) is 0 Å². The Balaban J connectivity index is 1.86. The number of amides is 2. The molecule has 8 heteroatoms. The maximum atomic E-state index is 11.7. The highest BCUT2D eigenvalue weighted by Crippen LogP contribution is 2.30. The van der Waals surface area contributed by atoms with Crippen LogP contribution in [0, 0.1) is 5.41 Å². The molecule has 0 spiro atoms. The third-order valence-electron chi connectivity index (χ3n) is 2.65. The second kappa shape index (κ2) is 6.85. The third-order valence-corrected chi connectivity index (χ3v) is 5.07. The van der Waals surface area contributed by atoms with Gasteiger partial charge in [0.05, 0.1) is 16.0 Å². The summed E-state index contributed by atoms with van der Waals surface area (Å²) in [6.45, 7) is 5.32. The van der Waals surface area contributed by atoms with Crippen LogP contribution < -0.4 is 10.9 Å². The number of nitrogens with zero attached hydrogens (tertiary/aromatic N) is 1. The van der Waals surface area contributed by atoms with E-state index in [1.165, 1.54) is 23.1 Å². The molecule has 0 saturated carbocycles. The number of benzene rings is 1. The zero-order valence-corrected chi connectivity index (χ0v) is 14.8. The topological polar surface area (TPSA) is 71.1 Å². The first-order chi connectivity index (χ1) is 10.3. The van der Waals surface area contributed by atoms with Crippen molar-refractivity contribution in [2.45, 2.75) is 25.1 Å². The quantitative estimate of drug-likeness (QED) is 0.653. The molecule has 0 unspecified atom stereocenters. The smallest absolute Gasteiger partial charge is 0.248 e. The Labute approximate surface area is 141 Å². The van der Waals surface area contributed by atoms with Gasteiger partial charge in [-0.2, -0.15) is 0 Å². The van der Waals surface area contributed by atoms with Gasteiger partial charge in [-0.25, -0.2) is 4.98 Å². The number of hydrogen-bond acceptors (Lipinski definition) is 5. The van der Waals surface area contributed by atoms with Crippen molar-refractivity contribution < 1.29 is 9.59 Å². The minimum absolute atomic E-state index is 0.179. The standard InChI is InChI=1S/C14H16ClN3O2S2/c1-14(2,3)12(20)18-17-11(19)7-21-13-16-9-6-8(15)4-5-10(9)22-13/h4-6H,7H2,1-3H3,(H,17,19)(H,18,20). The molecule has 0 bridgehead atoms. The van der Waals surface area contributed by atoms with Crippen molar-refractivity contribution in [3.05, 3.63) is 23.2 Å². The Morgan fingerprint density at radius 2 is 2.05 bits per heavy atom. The molecule has 1 aromatic carbocycles. The number of carbonyl (C=O) groups excluding carboxylic acids is 2. The second-order valence-electron chi connectivity index (χ2n) is 5.63. The lowest BCUT2D eigenvalue weighted by atomic mass is 9.96. The summed E-state index contributed by atoms with van der Waals surface area (Å²) in [5.74, 6) is -0.335. The third kappa shape index (κ3) is 4.59. The summed E-state index contributed by atoms with van der Waals surface area (Å²) in [6, 6.07) is 5.51. The summed E-state index contributed by atoms with van der Waals surface area (Å²) in [5, 5.41) is 0.636. The van der Waals surface area contributed by atoms with E-state index in [0.29, 0.717) is 5.02 Å². The fourth-order valence-electron chi connectivity index (χ4n) is 1.42. The molecule has 2 aromatic rings. The molecule has 22 heavy (non-hydrogen) atoms. The highest BCUT2D eigenvalue weighted by atomic mass is 35.5. The van der Waals surface area contributed by atoms with E-state index in [0.717, 1.165) is 14.6 Å². The van der Waals surface area contributed by atoms with Crippen molar-refractivity contribution in [3.63, 3.8) is 0 Å². The van der Waals surface area contributed by atoms with Crippen molar-refractivity contribution in [1.29, 1.82) is 0 Å². The zero-order valence-electron chi connectivity index (χ0n) is 12.4. The first-order valence-corrected chi connectivity index (χ1v) is 8.72. The second-order valence-corrected chi connectivity index (χ2v) is 8.32. The molecule has 1 heterocycles. The number of thioether (sulfide) groups is 1. The number of thiazole rings is 1. The first kappa shape index (κ1) is 17.1. The lowest BCUT2D eigenvalue weighted by Gasteiger charge is -2.17. The van der Waals surface area contributed by atoms with Crippen LogP contribution >= 0.6 is 34.7 Å². The Morgan fingerprint density at radius 1 is 1.32 bits per heavy atom. The van der Waals surface area contributed by atoms with E-state index in [1.54, 1.807) is 26.8 Å². The van der Waals surface area contributed by atoms with Crippen LogP contribution in [-0.4, -0.2) is 22.6 Å². The van der Waals surface area contributed by atoms with Crippen LogP contribution in [0.15, 0.2) is 22.5 Å². The molecule has 0 aliphatic carbocycles. The Morgan fingerprint density at radius 3 is 2.73 bits per heavy atom. The molecule has 5 nitrogen and oxygen atoms in total. The van der Waals surface area contributed by atoms with Gasteiger partial charge in [-0.1, -0.05) is 44.1 Å². The predicted molar refractivity (Wildman–Crippen MR) is 91.1 cm³/mol. The van der Waals surface area contributed by atoms with Gasteiger partial charge in [-0.15, -0.1) is 11.3 Å². The highest BCUT2D eigenvalue weighted by molar-refractivity contribution is 8.01. The van der Waals surface area contributed by atoms with Crippen LogP contribution in [0.1, 0.15) is 20.8 Å². The minimum atomic E-state index is -0.549. The van der Waals surface area contributed by atoms with Gasteiger partial charge >= 0.3 is 0 Å². The molecule has 2 rings (SSSR count). The lowest BCUT2D eigenvalue weighted by molar-refractivity contribution is -0.133. The average molecular weight is 358 g/mol. The van der Waals surface area contributed by atoms with Crippen LogP contribution in [-0.2, 0) is 9.59 Å². The Hall–Kier alpha value is -1.31.